The van der Waals surface area contributed by atoms with Gasteiger partial charge in [0.25, 0.3) is 0 Å². The van der Waals surface area contributed by atoms with Crippen LogP contribution in [0.1, 0.15) is 40.4 Å². The first-order valence-corrected chi connectivity index (χ1v) is 7.62. The lowest BCUT2D eigenvalue weighted by molar-refractivity contribution is -0.0121. The normalized spacial score (nSPS) is 23.6. The molecule has 1 aliphatic rings. The van der Waals surface area contributed by atoms with Gasteiger partial charge in [-0.05, 0) is 39.8 Å². The average Bonchev–Trinajstić information content (AvgIpc) is 2.76. The van der Waals surface area contributed by atoms with E-state index in [0.29, 0.717) is 18.9 Å². The van der Waals surface area contributed by atoms with Gasteiger partial charge in [0.05, 0.1) is 13.6 Å². The van der Waals surface area contributed by atoms with Crippen molar-refractivity contribution in [1.82, 2.24) is 30.0 Å². The Hall–Kier alpha value is -1.70. The molecule has 0 bridgehead atoms. The maximum Gasteiger partial charge on any atom is 0.410 e. The van der Waals surface area contributed by atoms with Crippen molar-refractivity contribution in [1.29, 1.82) is 0 Å². The number of tetrazole rings is 1. The molecule has 1 fully saturated rings. The summed E-state index contributed by atoms with van der Waals surface area (Å²) in [5, 5.41) is 12.1. The third-order valence-corrected chi connectivity index (χ3v) is 3.64. The molecule has 0 spiro atoms. The molecule has 1 aromatic rings. The Morgan fingerprint density at radius 2 is 1.95 bits per heavy atom. The third-order valence-electron chi connectivity index (χ3n) is 3.64. The molecule has 2 rings (SSSR count). The second-order valence-corrected chi connectivity index (χ2v) is 6.96. The maximum absolute atomic E-state index is 12.3. The lowest BCUT2D eigenvalue weighted by Crippen LogP contribution is -2.58. The van der Waals surface area contributed by atoms with Crippen LogP contribution in [0.3, 0.4) is 0 Å². The summed E-state index contributed by atoms with van der Waals surface area (Å²) in [6.07, 6.45) is -0.246. The van der Waals surface area contributed by atoms with Crippen LogP contribution in [-0.4, -0.2) is 66.9 Å². The zero-order valence-corrected chi connectivity index (χ0v) is 14.3. The van der Waals surface area contributed by atoms with Crippen molar-refractivity contribution in [2.45, 2.75) is 58.8 Å². The van der Waals surface area contributed by atoms with Gasteiger partial charge in [0.1, 0.15) is 5.60 Å². The van der Waals surface area contributed by atoms with E-state index in [-0.39, 0.29) is 18.2 Å². The molecule has 0 N–H and O–H groups in total. The lowest BCUT2D eigenvalue weighted by atomic mass is 10.1. The van der Waals surface area contributed by atoms with Gasteiger partial charge in [-0.15, -0.1) is 10.2 Å². The van der Waals surface area contributed by atoms with E-state index in [1.54, 1.807) is 11.9 Å². The van der Waals surface area contributed by atoms with Gasteiger partial charge in [-0.3, -0.25) is 4.90 Å². The number of carbonyl (C=O) groups is 1. The summed E-state index contributed by atoms with van der Waals surface area (Å²) >= 11 is 0. The van der Waals surface area contributed by atoms with Crippen LogP contribution in [0.5, 0.6) is 0 Å². The molecule has 2 atom stereocenters. The zero-order valence-electron chi connectivity index (χ0n) is 14.3. The molecular weight excluding hydrogens is 284 g/mol. The monoisotopic (exact) mass is 310 g/mol. The number of amides is 1. The van der Waals surface area contributed by atoms with Crippen molar-refractivity contribution in [2.24, 2.45) is 7.05 Å². The predicted octanol–water partition coefficient (Wildman–Crippen LogP) is 1.04. The summed E-state index contributed by atoms with van der Waals surface area (Å²) in [7, 11) is 1.75. The van der Waals surface area contributed by atoms with E-state index < -0.39 is 5.60 Å². The summed E-state index contributed by atoms with van der Waals surface area (Å²) < 4.78 is 5.48. The van der Waals surface area contributed by atoms with Crippen molar-refractivity contribution in [2.75, 3.05) is 13.1 Å². The van der Waals surface area contributed by atoms with Gasteiger partial charge in [0.2, 0.25) is 0 Å². The smallest absolute Gasteiger partial charge is 0.410 e. The van der Waals surface area contributed by atoms with Crippen molar-refractivity contribution >= 4 is 6.09 Å². The van der Waals surface area contributed by atoms with Crippen LogP contribution in [0.4, 0.5) is 4.79 Å². The summed E-state index contributed by atoms with van der Waals surface area (Å²) in [5.74, 6) is 0.701. The average molecular weight is 310 g/mol. The third kappa shape index (κ3) is 4.16. The Bertz CT molecular complexity index is 524. The molecule has 124 valence electrons. The molecule has 0 aliphatic carbocycles. The van der Waals surface area contributed by atoms with Gasteiger partial charge < -0.3 is 9.64 Å². The molecule has 8 nitrogen and oxygen atoms in total. The van der Waals surface area contributed by atoms with Crippen molar-refractivity contribution < 1.29 is 9.53 Å². The first kappa shape index (κ1) is 16.7. The van der Waals surface area contributed by atoms with Crippen LogP contribution in [0.25, 0.3) is 0 Å². The van der Waals surface area contributed by atoms with Crippen LogP contribution in [0.15, 0.2) is 0 Å². The molecule has 1 aromatic heterocycles. The summed E-state index contributed by atoms with van der Waals surface area (Å²) in [6, 6.07) is 0.301. The lowest BCUT2D eigenvalue weighted by Gasteiger charge is -2.43. The number of ether oxygens (including phenoxy) is 1. The van der Waals surface area contributed by atoms with E-state index in [1.807, 2.05) is 27.7 Å². The number of piperazine rings is 1. The van der Waals surface area contributed by atoms with E-state index in [1.165, 1.54) is 4.80 Å². The summed E-state index contributed by atoms with van der Waals surface area (Å²) in [5.41, 5.74) is -0.472. The highest BCUT2D eigenvalue weighted by molar-refractivity contribution is 5.68. The molecule has 0 aromatic carbocycles. The van der Waals surface area contributed by atoms with Crippen molar-refractivity contribution in [3.8, 4) is 0 Å². The van der Waals surface area contributed by atoms with Crippen LogP contribution in [0, 0.1) is 0 Å². The van der Waals surface area contributed by atoms with Crippen LogP contribution < -0.4 is 0 Å². The Balaban J connectivity index is 1.97. The fourth-order valence-corrected chi connectivity index (χ4v) is 2.56. The second kappa shape index (κ2) is 6.20. The molecule has 0 saturated carbocycles. The van der Waals surface area contributed by atoms with Gasteiger partial charge in [-0.25, -0.2) is 4.79 Å². The highest BCUT2D eigenvalue weighted by Crippen LogP contribution is 2.19. The van der Waals surface area contributed by atoms with Gasteiger partial charge in [-0.1, -0.05) is 0 Å². The van der Waals surface area contributed by atoms with Gasteiger partial charge >= 0.3 is 6.09 Å². The minimum atomic E-state index is -0.472. The topological polar surface area (TPSA) is 76.4 Å². The molecule has 2 heterocycles. The Labute approximate surface area is 131 Å². The van der Waals surface area contributed by atoms with Crippen LogP contribution >= 0.6 is 0 Å². The molecule has 0 radical (unpaired) electrons. The number of nitrogens with zero attached hydrogens (tertiary/aromatic N) is 6. The van der Waals surface area contributed by atoms with E-state index in [2.05, 4.69) is 27.2 Å². The number of carbonyl (C=O) groups excluding carboxylic acids is 1. The number of hydrogen-bond donors (Lipinski definition) is 0. The second-order valence-electron chi connectivity index (χ2n) is 6.96. The number of aromatic nitrogens is 4. The molecule has 0 unspecified atom stereocenters. The molecule has 1 aliphatic heterocycles. The number of aryl methyl sites for hydroxylation is 1. The van der Waals surface area contributed by atoms with E-state index in [9.17, 15) is 4.79 Å². The van der Waals surface area contributed by atoms with Crippen LogP contribution in [-0.2, 0) is 18.3 Å². The molecule has 8 heteroatoms. The SMILES string of the molecule is C[C@@H]1CN(C(=O)OC(C)(C)C)[C@H](C)CN1Cc1nnn(C)n1. The standard InChI is InChI=1S/C14H26N6O2/c1-10-8-20(13(21)22-14(3,4)5)11(2)7-19(10)9-12-15-17-18(6)16-12/h10-11H,7-9H2,1-6H3/t10-,11-/m1/s1. The van der Waals surface area contributed by atoms with Crippen molar-refractivity contribution in [3.63, 3.8) is 0 Å². The predicted molar refractivity (Wildman–Crippen MR) is 81.1 cm³/mol. The van der Waals surface area contributed by atoms with E-state index in [4.69, 9.17) is 4.74 Å². The fraction of sp³-hybridized carbons (Fsp3) is 0.857. The van der Waals surface area contributed by atoms with Gasteiger partial charge in [0, 0.05) is 25.2 Å². The van der Waals surface area contributed by atoms with E-state index >= 15 is 0 Å². The van der Waals surface area contributed by atoms with Crippen LogP contribution in [0.2, 0.25) is 0 Å². The van der Waals surface area contributed by atoms with Crippen molar-refractivity contribution in [3.05, 3.63) is 5.82 Å². The highest BCUT2D eigenvalue weighted by atomic mass is 16.6. The number of hydrogen-bond acceptors (Lipinski definition) is 6. The maximum atomic E-state index is 12.3. The Morgan fingerprint density at radius 1 is 1.27 bits per heavy atom. The minimum Gasteiger partial charge on any atom is -0.444 e. The van der Waals surface area contributed by atoms with Gasteiger partial charge in [0.15, 0.2) is 5.82 Å². The summed E-state index contributed by atoms with van der Waals surface area (Å²) in [6.45, 7) is 11.8. The first-order chi connectivity index (χ1) is 10.2. The Morgan fingerprint density at radius 3 is 2.50 bits per heavy atom. The Kier molecular flexibility index (Phi) is 4.69. The summed E-state index contributed by atoms with van der Waals surface area (Å²) in [4.78, 5) is 17.8. The largest absolute Gasteiger partial charge is 0.444 e. The minimum absolute atomic E-state index is 0.0859. The van der Waals surface area contributed by atoms with E-state index in [0.717, 1.165) is 6.54 Å². The molecule has 22 heavy (non-hydrogen) atoms. The fourth-order valence-electron chi connectivity index (χ4n) is 2.56. The quantitative estimate of drug-likeness (QED) is 0.812. The number of rotatable bonds is 2. The molecular formula is C14H26N6O2. The zero-order chi connectivity index (χ0) is 16.5. The molecule has 1 saturated heterocycles. The highest BCUT2D eigenvalue weighted by Gasteiger charge is 2.34. The molecule has 1 amide bonds. The van der Waals surface area contributed by atoms with Gasteiger partial charge in [-0.2, -0.15) is 4.80 Å². The first-order valence-electron chi connectivity index (χ1n) is 7.62.